The van der Waals surface area contributed by atoms with Crippen molar-refractivity contribution in [2.75, 3.05) is 14.2 Å². The van der Waals surface area contributed by atoms with Gasteiger partial charge in [-0.05, 0) is 42.5 Å². The average molecular weight is 231 g/mol. The number of aryl methyl sites for hydroxylation is 1. The van der Waals surface area contributed by atoms with Gasteiger partial charge < -0.3 is 9.47 Å². The fourth-order valence-electron chi connectivity index (χ4n) is 2.48. The summed E-state index contributed by atoms with van der Waals surface area (Å²) in [5, 5.41) is 9.37. The Morgan fingerprint density at radius 1 is 1.29 bits per heavy atom. The quantitative estimate of drug-likeness (QED) is 0.803. The lowest BCUT2D eigenvalue weighted by Crippen LogP contribution is -2.09. The molecule has 3 nitrogen and oxygen atoms in total. The van der Waals surface area contributed by atoms with E-state index in [4.69, 9.17) is 9.47 Å². The van der Waals surface area contributed by atoms with Gasteiger partial charge in [0, 0.05) is 0 Å². The van der Waals surface area contributed by atoms with E-state index in [9.17, 15) is 5.26 Å². The minimum atomic E-state index is -0.316. The Labute approximate surface area is 102 Å². The summed E-state index contributed by atoms with van der Waals surface area (Å²) in [6.07, 6.45) is 0.930. The number of rotatable bonds is 3. The van der Waals surface area contributed by atoms with Crippen molar-refractivity contribution in [2.24, 2.45) is 5.92 Å². The van der Waals surface area contributed by atoms with Crippen molar-refractivity contribution < 1.29 is 9.47 Å². The van der Waals surface area contributed by atoms with Crippen LogP contribution in [0.4, 0.5) is 0 Å². The number of nitriles is 1. The molecule has 0 amide bonds. The van der Waals surface area contributed by atoms with Crippen LogP contribution in [0.2, 0.25) is 0 Å². The number of methoxy groups -OCH3 is 2. The highest BCUT2D eigenvalue weighted by atomic mass is 16.5. The minimum absolute atomic E-state index is 0.316. The molecule has 1 aromatic carbocycles. The minimum Gasteiger partial charge on any atom is -0.493 e. The van der Waals surface area contributed by atoms with E-state index in [0.717, 1.165) is 23.3 Å². The molecular weight excluding hydrogens is 214 g/mol. The highest BCUT2D eigenvalue weighted by Crippen LogP contribution is 2.55. The average Bonchev–Trinajstić information content (AvgIpc) is 3.00. The Morgan fingerprint density at radius 3 is 2.24 bits per heavy atom. The summed E-state index contributed by atoms with van der Waals surface area (Å²) < 4.78 is 10.6. The van der Waals surface area contributed by atoms with Gasteiger partial charge in [0.05, 0.1) is 25.7 Å². The van der Waals surface area contributed by atoms with Gasteiger partial charge in [-0.1, -0.05) is 6.92 Å². The normalized spacial score (nSPS) is 26.2. The molecule has 0 radical (unpaired) electrons. The van der Waals surface area contributed by atoms with Crippen LogP contribution in [-0.2, 0) is 5.41 Å². The summed E-state index contributed by atoms with van der Waals surface area (Å²) in [5.41, 5.74) is 1.85. The van der Waals surface area contributed by atoms with Gasteiger partial charge in [0.25, 0.3) is 0 Å². The number of ether oxygens (including phenoxy) is 2. The molecule has 1 fully saturated rings. The Morgan fingerprint density at radius 2 is 1.82 bits per heavy atom. The summed E-state index contributed by atoms with van der Waals surface area (Å²) in [6.45, 7) is 4.13. The van der Waals surface area contributed by atoms with Crippen LogP contribution in [0.15, 0.2) is 12.1 Å². The molecule has 0 N–H and O–H groups in total. The predicted octanol–water partition coefficient (Wildman–Crippen LogP) is 2.81. The van der Waals surface area contributed by atoms with Gasteiger partial charge in [0.15, 0.2) is 11.5 Å². The monoisotopic (exact) mass is 231 g/mol. The molecule has 1 aromatic rings. The molecule has 0 bridgehead atoms. The van der Waals surface area contributed by atoms with E-state index in [2.05, 4.69) is 13.0 Å². The van der Waals surface area contributed by atoms with Crippen LogP contribution in [0.3, 0.4) is 0 Å². The van der Waals surface area contributed by atoms with Crippen molar-refractivity contribution in [1.82, 2.24) is 0 Å². The van der Waals surface area contributed by atoms with E-state index < -0.39 is 0 Å². The largest absolute Gasteiger partial charge is 0.493 e. The third kappa shape index (κ3) is 1.64. The number of nitrogens with zero attached hydrogens (tertiary/aromatic N) is 1. The van der Waals surface area contributed by atoms with E-state index in [-0.39, 0.29) is 5.41 Å². The number of hydrogen-bond donors (Lipinski definition) is 0. The summed E-state index contributed by atoms with van der Waals surface area (Å²) in [6, 6.07) is 6.34. The van der Waals surface area contributed by atoms with E-state index in [0.29, 0.717) is 11.7 Å². The maximum absolute atomic E-state index is 9.37. The van der Waals surface area contributed by atoms with Crippen LogP contribution in [0.25, 0.3) is 0 Å². The maximum Gasteiger partial charge on any atom is 0.161 e. The van der Waals surface area contributed by atoms with Gasteiger partial charge in [-0.3, -0.25) is 0 Å². The van der Waals surface area contributed by atoms with Crippen LogP contribution in [-0.4, -0.2) is 14.2 Å². The fraction of sp³-hybridized carbons (Fsp3) is 0.500. The van der Waals surface area contributed by atoms with E-state index in [1.54, 1.807) is 14.2 Å². The van der Waals surface area contributed by atoms with Gasteiger partial charge in [-0.2, -0.15) is 5.26 Å². The van der Waals surface area contributed by atoms with Crippen molar-refractivity contribution in [3.63, 3.8) is 0 Å². The first-order chi connectivity index (χ1) is 8.08. The highest BCUT2D eigenvalue weighted by Gasteiger charge is 2.54. The molecule has 90 valence electrons. The molecule has 0 aromatic heterocycles. The summed E-state index contributed by atoms with van der Waals surface area (Å²) in [4.78, 5) is 0. The molecule has 1 saturated carbocycles. The zero-order chi connectivity index (χ0) is 12.6. The summed E-state index contributed by atoms with van der Waals surface area (Å²) in [5.74, 6) is 1.83. The molecule has 1 aliphatic rings. The van der Waals surface area contributed by atoms with Crippen molar-refractivity contribution >= 4 is 0 Å². The van der Waals surface area contributed by atoms with Gasteiger partial charge in [0.2, 0.25) is 0 Å². The lowest BCUT2D eigenvalue weighted by molar-refractivity contribution is 0.354. The number of benzene rings is 1. The van der Waals surface area contributed by atoms with E-state index in [1.807, 2.05) is 19.1 Å². The van der Waals surface area contributed by atoms with Gasteiger partial charge in [0.1, 0.15) is 0 Å². The van der Waals surface area contributed by atoms with Gasteiger partial charge >= 0.3 is 0 Å². The Balaban J connectivity index is 2.53. The first-order valence-corrected chi connectivity index (χ1v) is 5.73. The van der Waals surface area contributed by atoms with Crippen LogP contribution in [0.1, 0.15) is 24.5 Å². The number of hydrogen-bond acceptors (Lipinski definition) is 3. The SMILES string of the molecule is COc1cc(C)c(C2(C#N)CC2C)cc1OC. The first-order valence-electron chi connectivity index (χ1n) is 5.73. The second-order valence-corrected chi connectivity index (χ2v) is 4.71. The summed E-state index contributed by atoms with van der Waals surface area (Å²) in [7, 11) is 3.24. The molecule has 1 aliphatic carbocycles. The predicted molar refractivity (Wildman–Crippen MR) is 65.4 cm³/mol. The molecule has 2 atom stereocenters. The van der Waals surface area contributed by atoms with Crippen molar-refractivity contribution in [3.05, 3.63) is 23.3 Å². The van der Waals surface area contributed by atoms with Crippen molar-refractivity contribution in [2.45, 2.75) is 25.7 Å². The van der Waals surface area contributed by atoms with Gasteiger partial charge in [-0.15, -0.1) is 0 Å². The first kappa shape index (κ1) is 11.8. The summed E-state index contributed by atoms with van der Waals surface area (Å²) >= 11 is 0. The molecule has 0 spiro atoms. The Kier molecular flexibility index (Phi) is 2.74. The molecule has 0 heterocycles. The molecule has 2 rings (SSSR count). The second-order valence-electron chi connectivity index (χ2n) is 4.71. The van der Waals surface area contributed by atoms with Crippen LogP contribution < -0.4 is 9.47 Å². The fourth-order valence-corrected chi connectivity index (χ4v) is 2.48. The topological polar surface area (TPSA) is 42.2 Å². The zero-order valence-corrected chi connectivity index (χ0v) is 10.7. The Hall–Kier alpha value is -1.69. The Bertz CT molecular complexity index is 490. The lowest BCUT2D eigenvalue weighted by Gasteiger charge is -2.16. The third-order valence-electron chi connectivity index (χ3n) is 3.72. The van der Waals surface area contributed by atoms with E-state index >= 15 is 0 Å². The van der Waals surface area contributed by atoms with Crippen LogP contribution in [0.5, 0.6) is 11.5 Å². The standard InChI is InChI=1S/C14H17NO2/c1-9-5-12(16-3)13(17-4)6-11(9)14(8-15)7-10(14)2/h5-6,10H,7H2,1-4H3. The van der Waals surface area contributed by atoms with E-state index in [1.165, 1.54) is 0 Å². The molecule has 17 heavy (non-hydrogen) atoms. The third-order valence-corrected chi connectivity index (χ3v) is 3.72. The molecule has 0 saturated heterocycles. The van der Waals surface area contributed by atoms with Gasteiger partial charge in [-0.25, -0.2) is 0 Å². The van der Waals surface area contributed by atoms with Crippen LogP contribution in [0, 0.1) is 24.2 Å². The highest BCUT2D eigenvalue weighted by molar-refractivity contribution is 5.54. The lowest BCUT2D eigenvalue weighted by atomic mass is 9.90. The zero-order valence-electron chi connectivity index (χ0n) is 10.7. The molecular formula is C14H17NO2. The molecule has 0 aliphatic heterocycles. The molecule has 3 heteroatoms. The second kappa shape index (κ2) is 3.96. The van der Waals surface area contributed by atoms with Crippen LogP contribution >= 0.6 is 0 Å². The molecule has 2 unspecified atom stereocenters. The maximum atomic E-state index is 9.37. The van der Waals surface area contributed by atoms with Crippen molar-refractivity contribution in [3.8, 4) is 17.6 Å². The van der Waals surface area contributed by atoms with Crippen molar-refractivity contribution in [1.29, 1.82) is 5.26 Å². The smallest absolute Gasteiger partial charge is 0.161 e.